The van der Waals surface area contributed by atoms with Crippen LogP contribution in [0.25, 0.3) is 0 Å². The molecule has 1 amide bonds. The van der Waals surface area contributed by atoms with Gasteiger partial charge in [0, 0.05) is 18.7 Å². The zero-order chi connectivity index (χ0) is 21.8. The number of rotatable bonds is 7. The van der Waals surface area contributed by atoms with Crippen molar-refractivity contribution >= 4 is 27.6 Å². The van der Waals surface area contributed by atoms with Crippen molar-refractivity contribution in [2.24, 2.45) is 0 Å². The van der Waals surface area contributed by atoms with Crippen LogP contribution in [0.4, 0.5) is 11.7 Å². The molecule has 2 aromatic carbocycles. The van der Waals surface area contributed by atoms with Crippen molar-refractivity contribution in [1.82, 2.24) is 10.2 Å². The van der Waals surface area contributed by atoms with Gasteiger partial charge in [0.15, 0.2) is 0 Å². The lowest BCUT2D eigenvalue weighted by molar-refractivity contribution is 0.0893. The van der Waals surface area contributed by atoms with Gasteiger partial charge in [-0.15, -0.1) is 5.10 Å². The van der Waals surface area contributed by atoms with Gasteiger partial charge in [-0.25, -0.2) is 8.42 Å². The van der Waals surface area contributed by atoms with Gasteiger partial charge in [0.05, 0.1) is 10.6 Å². The van der Waals surface area contributed by atoms with E-state index in [0.717, 1.165) is 12.8 Å². The molecule has 1 aliphatic heterocycles. The third-order valence-electron chi connectivity index (χ3n) is 4.90. The van der Waals surface area contributed by atoms with Crippen LogP contribution in [0.15, 0.2) is 63.9 Å². The van der Waals surface area contributed by atoms with Gasteiger partial charge >= 0.3 is 6.01 Å². The maximum Gasteiger partial charge on any atom is 0.322 e. The second-order valence-corrected chi connectivity index (χ2v) is 8.79. The Bertz CT molecular complexity index is 1140. The minimum Gasteiger partial charge on any atom is -0.405 e. The van der Waals surface area contributed by atoms with Gasteiger partial charge in [-0.2, -0.15) is 0 Å². The predicted molar refractivity (Wildman–Crippen MR) is 113 cm³/mol. The predicted octanol–water partition coefficient (Wildman–Crippen LogP) is 3.39. The van der Waals surface area contributed by atoms with Gasteiger partial charge in [-0.3, -0.25) is 14.4 Å². The van der Waals surface area contributed by atoms with Crippen LogP contribution in [0, 0.1) is 0 Å². The van der Waals surface area contributed by atoms with Crippen LogP contribution in [0.5, 0.6) is 0 Å². The molecule has 1 aromatic heterocycles. The molecule has 1 aliphatic rings. The van der Waals surface area contributed by atoms with Gasteiger partial charge in [-0.1, -0.05) is 23.3 Å². The summed E-state index contributed by atoms with van der Waals surface area (Å²) in [6.45, 7) is 2.68. The summed E-state index contributed by atoms with van der Waals surface area (Å²) >= 11 is 0. The summed E-state index contributed by atoms with van der Waals surface area (Å²) in [6.07, 6.45) is 1.47. The van der Waals surface area contributed by atoms with Crippen molar-refractivity contribution in [3.05, 3.63) is 66.1 Å². The molecule has 1 atom stereocenters. The zero-order valence-corrected chi connectivity index (χ0v) is 17.7. The van der Waals surface area contributed by atoms with Crippen molar-refractivity contribution < 1.29 is 22.4 Å². The number of benzene rings is 2. The average molecular weight is 442 g/mol. The molecule has 2 heterocycles. The quantitative estimate of drug-likeness (QED) is 0.596. The van der Waals surface area contributed by atoms with Crippen molar-refractivity contribution in [2.45, 2.75) is 30.8 Å². The molecule has 0 spiro atoms. The number of hydrogen-bond donors (Lipinski definition) is 1. The van der Waals surface area contributed by atoms with Gasteiger partial charge < -0.3 is 9.15 Å². The summed E-state index contributed by atoms with van der Waals surface area (Å²) < 4.78 is 38.3. The normalized spacial score (nSPS) is 16.2. The molecular weight excluding hydrogens is 420 g/mol. The van der Waals surface area contributed by atoms with E-state index in [4.69, 9.17) is 9.15 Å². The SMILES string of the molecule is CCN(c1ccccc1)S(=O)(=O)c1ccc(C(=O)Nc2nnc(C3CCCO3)o2)cc1. The van der Waals surface area contributed by atoms with E-state index >= 15 is 0 Å². The average Bonchev–Trinajstić information content (AvgIpc) is 3.47. The highest BCUT2D eigenvalue weighted by Gasteiger charge is 2.25. The van der Waals surface area contributed by atoms with Gasteiger partial charge in [0.1, 0.15) is 6.10 Å². The van der Waals surface area contributed by atoms with Crippen LogP contribution < -0.4 is 9.62 Å². The standard InChI is InChI=1S/C21H22N4O5S/c1-2-25(16-7-4-3-5-8-16)31(27,28)17-12-10-15(11-13-17)19(26)22-21-24-23-20(30-21)18-9-6-14-29-18/h3-5,7-8,10-13,18H,2,6,9,14H2,1H3,(H,22,24,26). The van der Waals surface area contributed by atoms with Crippen LogP contribution in [0.2, 0.25) is 0 Å². The smallest absolute Gasteiger partial charge is 0.322 e. The Balaban J connectivity index is 1.47. The molecule has 1 unspecified atom stereocenters. The molecule has 10 heteroatoms. The largest absolute Gasteiger partial charge is 0.405 e. The number of nitrogens with one attached hydrogen (secondary N) is 1. The fourth-order valence-corrected chi connectivity index (χ4v) is 4.82. The lowest BCUT2D eigenvalue weighted by Crippen LogP contribution is -2.30. The number of para-hydroxylation sites is 1. The maximum absolute atomic E-state index is 13.0. The van der Waals surface area contributed by atoms with Crippen LogP contribution >= 0.6 is 0 Å². The molecule has 3 aromatic rings. The molecule has 0 radical (unpaired) electrons. The van der Waals surface area contributed by atoms with Gasteiger partial charge in [-0.05, 0) is 56.2 Å². The number of nitrogens with zero attached hydrogens (tertiary/aromatic N) is 3. The molecule has 31 heavy (non-hydrogen) atoms. The molecule has 162 valence electrons. The van der Waals surface area contributed by atoms with Crippen molar-refractivity contribution in [2.75, 3.05) is 22.8 Å². The Labute approximate surface area is 180 Å². The summed E-state index contributed by atoms with van der Waals surface area (Å²) in [7, 11) is -3.76. The fourth-order valence-electron chi connectivity index (χ4n) is 3.35. The topological polar surface area (TPSA) is 115 Å². The first-order chi connectivity index (χ1) is 15.0. The summed E-state index contributed by atoms with van der Waals surface area (Å²) in [5.41, 5.74) is 0.837. The van der Waals surface area contributed by atoms with Gasteiger partial charge in [0.2, 0.25) is 5.89 Å². The Morgan fingerprint density at radius 2 is 1.87 bits per heavy atom. The Kier molecular flexibility index (Phi) is 6.01. The number of ether oxygens (including phenoxy) is 1. The number of hydrogen-bond acceptors (Lipinski definition) is 7. The number of aromatic nitrogens is 2. The molecule has 1 saturated heterocycles. The van der Waals surface area contributed by atoms with Crippen LogP contribution in [-0.4, -0.2) is 37.7 Å². The second-order valence-electron chi connectivity index (χ2n) is 6.93. The van der Waals surface area contributed by atoms with E-state index in [1.807, 2.05) is 6.07 Å². The van der Waals surface area contributed by atoms with Crippen molar-refractivity contribution in [1.29, 1.82) is 0 Å². The molecule has 1 fully saturated rings. The van der Waals surface area contributed by atoms with Crippen molar-refractivity contribution in [3.63, 3.8) is 0 Å². The third kappa shape index (κ3) is 4.44. The maximum atomic E-state index is 13.0. The number of sulfonamides is 1. The Morgan fingerprint density at radius 3 is 2.52 bits per heavy atom. The van der Waals surface area contributed by atoms with Crippen LogP contribution in [0.1, 0.15) is 42.1 Å². The second kappa shape index (κ2) is 8.86. The molecule has 0 bridgehead atoms. The molecule has 4 rings (SSSR count). The van der Waals surface area contributed by atoms with Crippen LogP contribution in [0.3, 0.4) is 0 Å². The van der Waals surface area contributed by atoms with E-state index in [0.29, 0.717) is 18.2 Å². The van der Waals surface area contributed by atoms with E-state index < -0.39 is 15.9 Å². The lowest BCUT2D eigenvalue weighted by atomic mass is 10.2. The van der Waals surface area contributed by atoms with E-state index in [9.17, 15) is 13.2 Å². The first kappa shape index (κ1) is 21.0. The Morgan fingerprint density at radius 1 is 1.13 bits per heavy atom. The van der Waals surface area contributed by atoms with E-state index in [2.05, 4.69) is 15.5 Å². The first-order valence-electron chi connectivity index (χ1n) is 9.93. The number of carbonyl (C=O) groups excluding carboxylic acids is 1. The molecule has 0 saturated carbocycles. The van der Waals surface area contributed by atoms with E-state index in [1.165, 1.54) is 28.6 Å². The number of anilines is 2. The minimum atomic E-state index is -3.76. The lowest BCUT2D eigenvalue weighted by Gasteiger charge is -2.22. The van der Waals surface area contributed by atoms with E-state index in [-0.39, 0.29) is 29.1 Å². The highest BCUT2D eigenvalue weighted by Crippen LogP contribution is 2.28. The Hall–Kier alpha value is -3.24. The summed E-state index contributed by atoms with van der Waals surface area (Å²) in [6, 6.07) is 14.5. The monoisotopic (exact) mass is 442 g/mol. The highest BCUT2D eigenvalue weighted by atomic mass is 32.2. The van der Waals surface area contributed by atoms with Gasteiger partial charge in [0.25, 0.3) is 15.9 Å². The fraction of sp³-hybridized carbons (Fsp3) is 0.286. The summed E-state index contributed by atoms with van der Waals surface area (Å²) in [5.74, 6) is -0.156. The third-order valence-corrected chi connectivity index (χ3v) is 6.82. The molecule has 1 N–H and O–H groups in total. The van der Waals surface area contributed by atoms with Crippen LogP contribution in [-0.2, 0) is 14.8 Å². The highest BCUT2D eigenvalue weighted by molar-refractivity contribution is 7.92. The summed E-state index contributed by atoms with van der Waals surface area (Å²) in [5, 5.41) is 10.3. The molecule has 0 aliphatic carbocycles. The van der Waals surface area contributed by atoms with Crippen molar-refractivity contribution in [3.8, 4) is 0 Å². The van der Waals surface area contributed by atoms with E-state index in [1.54, 1.807) is 31.2 Å². The minimum absolute atomic E-state index is 0.0339. The molecule has 9 nitrogen and oxygen atoms in total. The first-order valence-corrected chi connectivity index (χ1v) is 11.4. The molecular formula is C21H22N4O5S. The number of amides is 1. The number of carbonyl (C=O) groups is 1. The summed E-state index contributed by atoms with van der Waals surface area (Å²) in [4.78, 5) is 12.6. The zero-order valence-electron chi connectivity index (χ0n) is 16.9.